The second-order valence-electron chi connectivity index (χ2n) is 2.80. The van der Waals surface area contributed by atoms with E-state index in [1.165, 1.54) is 6.07 Å². The molecule has 0 saturated carbocycles. The Morgan fingerprint density at radius 3 is 2.44 bits per heavy atom. The standard InChI is InChI=1S/C8H5BrClF3N2S/c9-3-1-4(8(11,12)13)6(5(10)2-3)15-7(14)16/h1-2H,(H3,14,15,16). The van der Waals surface area contributed by atoms with E-state index in [1.807, 2.05) is 0 Å². The van der Waals surface area contributed by atoms with E-state index >= 15 is 0 Å². The fraction of sp³-hybridized carbons (Fsp3) is 0.125. The Bertz CT molecular complexity index is 436. The molecule has 88 valence electrons. The Balaban J connectivity index is 3.38. The average Bonchev–Trinajstić information content (AvgIpc) is 2.06. The molecule has 0 spiro atoms. The molecule has 1 aromatic rings. The number of hydrogen-bond acceptors (Lipinski definition) is 1. The minimum absolute atomic E-state index is 0.116. The van der Waals surface area contributed by atoms with Gasteiger partial charge in [0.05, 0.1) is 16.3 Å². The van der Waals surface area contributed by atoms with Gasteiger partial charge in [-0.3, -0.25) is 0 Å². The van der Waals surface area contributed by atoms with E-state index in [2.05, 4.69) is 33.5 Å². The molecular weight excluding hydrogens is 329 g/mol. The smallest absolute Gasteiger partial charge is 0.376 e. The van der Waals surface area contributed by atoms with Gasteiger partial charge in [-0.1, -0.05) is 27.5 Å². The molecule has 2 nitrogen and oxygen atoms in total. The van der Waals surface area contributed by atoms with Gasteiger partial charge < -0.3 is 11.1 Å². The summed E-state index contributed by atoms with van der Waals surface area (Å²) in [4.78, 5) is 0. The maximum absolute atomic E-state index is 12.7. The molecule has 0 aliphatic rings. The molecule has 0 radical (unpaired) electrons. The first-order valence-electron chi connectivity index (χ1n) is 3.84. The van der Waals surface area contributed by atoms with Crippen molar-refractivity contribution in [2.45, 2.75) is 6.18 Å². The van der Waals surface area contributed by atoms with Crippen LogP contribution in [0.3, 0.4) is 0 Å². The zero-order valence-electron chi connectivity index (χ0n) is 7.53. The van der Waals surface area contributed by atoms with Gasteiger partial charge >= 0.3 is 6.18 Å². The lowest BCUT2D eigenvalue weighted by Crippen LogP contribution is -2.22. The van der Waals surface area contributed by atoms with E-state index < -0.39 is 11.7 Å². The highest BCUT2D eigenvalue weighted by molar-refractivity contribution is 9.10. The molecule has 0 aliphatic heterocycles. The maximum Gasteiger partial charge on any atom is 0.418 e. The molecule has 0 amide bonds. The second-order valence-corrected chi connectivity index (χ2v) is 4.56. The van der Waals surface area contributed by atoms with Gasteiger partial charge in [0.1, 0.15) is 0 Å². The number of thiocarbonyl (C=S) groups is 1. The summed E-state index contributed by atoms with van der Waals surface area (Å²) in [6.07, 6.45) is -4.54. The van der Waals surface area contributed by atoms with Gasteiger partial charge in [0.2, 0.25) is 0 Å². The minimum Gasteiger partial charge on any atom is -0.376 e. The Morgan fingerprint density at radius 2 is 2.00 bits per heavy atom. The van der Waals surface area contributed by atoms with E-state index in [9.17, 15) is 13.2 Å². The molecule has 0 bridgehead atoms. The Kier molecular flexibility index (Phi) is 4.03. The van der Waals surface area contributed by atoms with Gasteiger partial charge in [0.15, 0.2) is 5.11 Å². The van der Waals surface area contributed by atoms with Crippen molar-refractivity contribution >= 4 is 50.5 Å². The molecule has 0 saturated heterocycles. The van der Waals surface area contributed by atoms with Crippen molar-refractivity contribution in [3.8, 4) is 0 Å². The van der Waals surface area contributed by atoms with Gasteiger partial charge in [-0.25, -0.2) is 0 Å². The lowest BCUT2D eigenvalue weighted by Gasteiger charge is -2.15. The number of benzene rings is 1. The normalized spacial score (nSPS) is 11.3. The number of nitrogens with one attached hydrogen (secondary N) is 1. The lowest BCUT2D eigenvalue weighted by atomic mass is 10.1. The zero-order valence-corrected chi connectivity index (χ0v) is 10.7. The first-order chi connectivity index (χ1) is 7.21. The van der Waals surface area contributed by atoms with Crippen LogP contribution in [0.4, 0.5) is 18.9 Å². The van der Waals surface area contributed by atoms with Gasteiger partial charge in [-0.05, 0) is 24.4 Å². The number of hydrogen-bond donors (Lipinski definition) is 2. The summed E-state index contributed by atoms with van der Waals surface area (Å²) in [5.41, 5.74) is 3.85. The molecule has 3 N–H and O–H groups in total. The van der Waals surface area contributed by atoms with Crippen molar-refractivity contribution in [1.29, 1.82) is 0 Å². The van der Waals surface area contributed by atoms with Crippen LogP contribution in [0, 0.1) is 0 Å². The molecule has 0 unspecified atom stereocenters. The summed E-state index contributed by atoms with van der Waals surface area (Å²) in [6.45, 7) is 0. The predicted octanol–water partition coefficient (Wildman–Crippen LogP) is 3.78. The highest BCUT2D eigenvalue weighted by Crippen LogP contribution is 2.40. The molecule has 16 heavy (non-hydrogen) atoms. The second kappa shape index (κ2) is 4.77. The maximum atomic E-state index is 12.7. The summed E-state index contributed by atoms with van der Waals surface area (Å²) in [5.74, 6) is 0. The number of rotatable bonds is 1. The van der Waals surface area contributed by atoms with Crippen LogP contribution < -0.4 is 11.1 Å². The highest BCUT2D eigenvalue weighted by atomic mass is 79.9. The van der Waals surface area contributed by atoms with Crippen LogP contribution in [0.15, 0.2) is 16.6 Å². The van der Waals surface area contributed by atoms with Crippen molar-refractivity contribution in [2.75, 3.05) is 5.32 Å². The van der Waals surface area contributed by atoms with E-state index in [0.717, 1.165) is 6.07 Å². The number of anilines is 1. The van der Waals surface area contributed by atoms with Gasteiger partial charge in [0.25, 0.3) is 0 Å². The van der Waals surface area contributed by atoms with Gasteiger partial charge in [0, 0.05) is 4.47 Å². The first kappa shape index (κ1) is 13.5. The van der Waals surface area contributed by atoms with Crippen molar-refractivity contribution in [3.63, 3.8) is 0 Å². The third-order valence-corrected chi connectivity index (χ3v) is 2.47. The summed E-state index contributed by atoms with van der Waals surface area (Å²) in [5, 5.41) is 1.81. The largest absolute Gasteiger partial charge is 0.418 e. The minimum atomic E-state index is -4.54. The summed E-state index contributed by atoms with van der Waals surface area (Å²) in [7, 11) is 0. The van der Waals surface area contributed by atoms with E-state index in [4.69, 9.17) is 17.3 Å². The fourth-order valence-corrected chi connectivity index (χ4v) is 2.01. The molecule has 0 atom stereocenters. The Hall–Kier alpha value is -0.530. The summed E-state index contributed by atoms with van der Waals surface area (Å²) in [6, 6.07) is 2.21. The van der Waals surface area contributed by atoms with Crippen LogP contribution in [-0.2, 0) is 6.18 Å². The number of halogens is 5. The Labute approximate surface area is 108 Å². The molecule has 0 aromatic heterocycles. The van der Waals surface area contributed by atoms with Crippen molar-refractivity contribution in [3.05, 3.63) is 27.2 Å². The summed E-state index contributed by atoms with van der Waals surface area (Å²) < 4.78 is 38.2. The average molecular weight is 334 g/mol. The van der Waals surface area contributed by atoms with Crippen LogP contribution in [0.25, 0.3) is 0 Å². The third kappa shape index (κ3) is 3.23. The van der Waals surface area contributed by atoms with E-state index in [-0.39, 0.29) is 20.3 Å². The van der Waals surface area contributed by atoms with Crippen LogP contribution in [0.2, 0.25) is 5.02 Å². The molecule has 0 heterocycles. The lowest BCUT2D eigenvalue weighted by molar-refractivity contribution is -0.136. The van der Waals surface area contributed by atoms with Crippen molar-refractivity contribution in [2.24, 2.45) is 5.73 Å². The van der Waals surface area contributed by atoms with Crippen LogP contribution in [-0.4, -0.2) is 5.11 Å². The van der Waals surface area contributed by atoms with E-state index in [1.54, 1.807) is 0 Å². The Morgan fingerprint density at radius 1 is 1.44 bits per heavy atom. The van der Waals surface area contributed by atoms with E-state index in [0.29, 0.717) is 0 Å². The molecular formula is C8H5BrClF3N2S. The van der Waals surface area contributed by atoms with Crippen LogP contribution >= 0.6 is 39.7 Å². The third-order valence-electron chi connectivity index (χ3n) is 1.61. The topological polar surface area (TPSA) is 38.0 Å². The van der Waals surface area contributed by atoms with Crippen LogP contribution in [0.5, 0.6) is 0 Å². The highest BCUT2D eigenvalue weighted by Gasteiger charge is 2.35. The fourth-order valence-electron chi connectivity index (χ4n) is 1.05. The first-order valence-corrected chi connectivity index (χ1v) is 5.42. The summed E-state index contributed by atoms with van der Waals surface area (Å²) >= 11 is 13.1. The molecule has 1 rings (SSSR count). The molecule has 0 fully saturated rings. The number of nitrogens with two attached hydrogens (primary N) is 1. The zero-order chi connectivity index (χ0) is 12.5. The van der Waals surface area contributed by atoms with Crippen molar-refractivity contribution in [1.82, 2.24) is 0 Å². The van der Waals surface area contributed by atoms with Gasteiger partial charge in [-0.2, -0.15) is 13.2 Å². The quantitative estimate of drug-likeness (QED) is 0.768. The molecule has 1 aromatic carbocycles. The van der Waals surface area contributed by atoms with Crippen LogP contribution in [0.1, 0.15) is 5.56 Å². The monoisotopic (exact) mass is 332 g/mol. The van der Waals surface area contributed by atoms with Gasteiger partial charge in [-0.15, -0.1) is 0 Å². The predicted molar refractivity (Wildman–Crippen MR) is 64.6 cm³/mol. The molecule has 8 heteroatoms. The molecule has 0 aliphatic carbocycles. The van der Waals surface area contributed by atoms with Crippen molar-refractivity contribution < 1.29 is 13.2 Å². The SMILES string of the molecule is NC(=S)Nc1c(Cl)cc(Br)cc1C(F)(F)F. The number of alkyl halides is 3.